The van der Waals surface area contributed by atoms with Gasteiger partial charge in [-0.3, -0.25) is 4.99 Å². The second-order valence-corrected chi connectivity index (χ2v) is 5.23. The highest BCUT2D eigenvalue weighted by Gasteiger charge is 2.00. The van der Waals surface area contributed by atoms with Crippen molar-refractivity contribution in [2.24, 2.45) is 4.99 Å². The van der Waals surface area contributed by atoms with Crippen LogP contribution < -0.4 is 4.74 Å². The molecule has 0 bridgehead atoms. The van der Waals surface area contributed by atoms with E-state index in [1.807, 2.05) is 42.5 Å². The molecule has 0 aliphatic heterocycles. The number of halogens is 1. The van der Waals surface area contributed by atoms with Gasteiger partial charge in [0.1, 0.15) is 23.9 Å². The van der Waals surface area contributed by atoms with Crippen LogP contribution in [0.3, 0.4) is 0 Å². The highest BCUT2D eigenvalue weighted by molar-refractivity contribution is 5.85. The number of aromatic hydroxyl groups is 1. The maximum atomic E-state index is 13.2. The molecule has 0 aliphatic rings. The van der Waals surface area contributed by atoms with Gasteiger partial charge in [-0.05, 0) is 48.0 Å². The highest BCUT2D eigenvalue weighted by Crippen LogP contribution is 2.21. The van der Waals surface area contributed by atoms with E-state index in [1.165, 1.54) is 24.4 Å². The van der Waals surface area contributed by atoms with Crippen LogP contribution in [0.1, 0.15) is 11.1 Å². The fraction of sp³-hybridized carbons (Fsp3) is 0.0500. The average molecular weight is 321 g/mol. The van der Waals surface area contributed by atoms with Crippen molar-refractivity contribution in [3.05, 3.63) is 89.7 Å². The van der Waals surface area contributed by atoms with E-state index < -0.39 is 5.82 Å². The summed E-state index contributed by atoms with van der Waals surface area (Å²) in [6, 6.07) is 20.9. The Kier molecular flexibility index (Phi) is 4.87. The molecule has 0 radical (unpaired) electrons. The summed E-state index contributed by atoms with van der Waals surface area (Å²) in [6.45, 7) is 0.501. The molecule has 4 heteroatoms. The quantitative estimate of drug-likeness (QED) is 0.682. The van der Waals surface area contributed by atoms with Crippen LogP contribution in [0.15, 0.2) is 77.8 Å². The average Bonchev–Trinajstić information content (AvgIpc) is 2.62. The minimum Gasteiger partial charge on any atom is -0.507 e. The van der Waals surface area contributed by atoms with Crippen LogP contribution in [0.4, 0.5) is 10.1 Å². The molecule has 3 nitrogen and oxygen atoms in total. The van der Waals surface area contributed by atoms with Crippen molar-refractivity contribution >= 4 is 11.9 Å². The van der Waals surface area contributed by atoms with Gasteiger partial charge in [-0.1, -0.05) is 30.3 Å². The minimum absolute atomic E-state index is 0.0111. The number of phenols is 1. The fourth-order valence-electron chi connectivity index (χ4n) is 2.14. The first-order valence-corrected chi connectivity index (χ1v) is 7.50. The first kappa shape index (κ1) is 15.7. The first-order chi connectivity index (χ1) is 11.7. The van der Waals surface area contributed by atoms with Crippen molar-refractivity contribution < 1.29 is 14.2 Å². The summed E-state index contributed by atoms with van der Waals surface area (Å²) in [6.07, 6.45) is 1.43. The Balaban J connectivity index is 1.64. The van der Waals surface area contributed by atoms with E-state index in [4.69, 9.17) is 4.74 Å². The van der Waals surface area contributed by atoms with E-state index in [-0.39, 0.29) is 5.75 Å². The van der Waals surface area contributed by atoms with Crippen molar-refractivity contribution in [3.63, 3.8) is 0 Å². The van der Waals surface area contributed by atoms with Crippen molar-refractivity contribution in [2.45, 2.75) is 6.61 Å². The molecule has 0 fully saturated rings. The Bertz CT molecular complexity index is 830. The molecule has 0 aromatic heterocycles. The lowest BCUT2D eigenvalue weighted by atomic mass is 10.2. The van der Waals surface area contributed by atoms with Crippen LogP contribution in [-0.2, 0) is 6.61 Å². The Labute approximate surface area is 139 Å². The van der Waals surface area contributed by atoms with E-state index in [0.29, 0.717) is 17.9 Å². The Morgan fingerprint density at radius 3 is 2.46 bits per heavy atom. The van der Waals surface area contributed by atoms with Gasteiger partial charge in [-0.15, -0.1) is 0 Å². The molecule has 0 aliphatic carbocycles. The van der Waals surface area contributed by atoms with Crippen molar-refractivity contribution in [1.82, 2.24) is 0 Å². The van der Waals surface area contributed by atoms with Crippen LogP contribution in [0, 0.1) is 5.82 Å². The van der Waals surface area contributed by atoms with Gasteiger partial charge in [0.25, 0.3) is 0 Å². The molecule has 1 N–H and O–H groups in total. The summed E-state index contributed by atoms with van der Waals surface area (Å²) in [5.41, 5.74) is 2.12. The van der Waals surface area contributed by atoms with Crippen molar-refractivity contribution in [2.75, 3.05) is 0 Å². The predicted octanol–water partition coefficient (Wildman–Crippen LogP) is 4.86. The van der Waals surface area contributed by atoms with Gasteiger partial charge < -0.3 is 9.84 Å². The second kappa shape index (κ2) is 7.42. The lowest BCUT2D eigenvalue weighted by Crippen LogP contribution is -1.94. The lowest BCUT2D eigenvalue weighted by molar-refractivity contribution is 0.306. The summed E-state index contributed by atoms with van der Waals surface area (Å²) in [7, 11) is 0. The molecule has 0 amide bonds. The minimum atomic E-state index is -0.418. The summed E-state index contributed by atoms with van der Waals surface area (Å²) in [5, 5.41) is 9.66. The smallest absolute Gasteiger partial charge is 0.124 e. The summed E-state index contributed by atoms with van der Waals surface area (Å²) >= 11 is 0. The van der Waals surface area contributed by atoms with Gasteiger partial charge in [-0.25, -0.2) is 4.39 Å². The molecule has 0 saturated carbocycles. The lowest BCUT2D eigenvalue weighted by Gasteiger charge is -2.06. The molecule has 120 valence electrons. The van der Waals surface area contributed by atoms with Crippen molar-refractivity contribution in [1.29, 1.82) is 0 Å². The number of hydrogen-bond acceptors (Lipinski definition) is 3. The van der Waals surface area contributed by atoms with Crippen LogP contribution >= 0.6 is 0 Å². The number of nitrogens with zero attached hydrogens (tertiary/aromatic N) is 1. The standard InChI is InChI=1S/C20H16FNO2/c21-17-6-11-20(23)16(12-17)13-22-18-7-9-19(10-8-18)24-14-15-4-2-1-3-5-15/h1-13,23H,14H2. The summed E-state index contributed by atoms with van der Waals surface area (Å²) in [4.78, 5) is 4.23. The normalized spacial score (nSPS) is 10.9. The maximum absolute atomic E-state index is 13.2. The number of aliphatic imine (C=N–C) groups is 1. The first-order valence-electron chi connectivity index (χ1n) is 7.50. The number of phenolic OH excluding ortho intramolecular Hbond substituents is 1. The number of rotatable bonds is 5. The van der Waals surface area contributed by atoms with Crippen LogP contribution in [0.5, 0.6) is 11.5 Å². The highest BCUT2D eigenvalue weighted by atomic mass is 19.1. The zero-order valence-electron chi connectivity index (χ0n) is 12.9. The van der Waals surface area contributed by atoms with Crippen molar-refractivity contribution in [3.8, 4) is 11.5 Å². The Morgan fingerprint density at radius 1 is 0.958 bits per heavy atom. The predicted molar refractivity (Wildman–Crippen MR) is 92.5 cm³/mol. The molecular formula is C20H16FNO2. The topological polar surface area (TPSA) is 41.8 Å². The number of ether oxygens (including phenoxy) is 1. The van der Waals surface area contributed by atoms with Gasteiger partial charge in [0, 0.05) is 11.8 Å². The largest absolute Gasteiger partial charge is 0.507 e. The number of benzene rings is 3. The zero-order valence-corrected chi connectivity index (χ0v) is 12.9. The van der Waals surface area contributed by atoms with E-state index in [9.17, 15) is 9.50 Å². The van der Waals surface area contributed by atoms with Gasteiger partial charge in [-0.2, -0.15) is 0 Å². The molecule has 0 atom stereocenters. The number of hydrogen-bond donors (Lipinski definition) is 1. The van der Waals surface area contributed by atoms with Crippen LogP contribution in [-0.4, -0.2) is 11.3 Å². The van der Waals surface area contributed by atoms with E-state index in [2.05, 4.69) is 4.99 Å². The van der Waals surface area contributed by atoms with Crippen LogP contribution in [0.25, 0.3) is 0 Å². The molecule has 0 saturated heterocycles. The van der Waals surface area contributed by atoms with E-state index in [0.717, 1.165) is 11.3 Å². The molecule has 0 heterocycles. The monoisotopic (exact) mass is 321 g/mol. The van der Waals surface area contributed by atoms with Crippen LogP contribution in [0.2, 0.25) is 0 Å². The molecule has 0 spiro atoms. The Hall–Kier alpha value is -3.14. The molecule has 0 unspecified atom stereocenters. The summed E-state index contributed by atoms with van der Waals surface area (Å²) in [5.74, 6) is 0.313. The SMILES string of the molecule is Oc1ccc(F)cc1C=Nc1ccc(OCc2ccccc2)cc1. The molecule has 3 rings (SSSR count). The van der Waals surface area contributed by atoms with E-state index >= 15 is 0 Å². The molecule has 3 aromatic carbocycles. The second-order valence-electron chi connectivity index (χ2n) is 5.23. The fourth-order valence-corrected chi connectivity index (χ4v) is 2.14. The Morgan fingerprint density at radius 2 is 1.71 bits per heavy atom. The third-order valence-corrected chi connectivity index (χ3v) is 3.43. The van der Waals surface area contributed by atoms with Gasteiger partial charge in [0.05, 0.1) is 5.69 Å². The van der Waals surface area contributed by atoms with E-state index in [1.54, 1.807) is 12.1 Å². The third-order valence-electron chi connectivity index (χ3n) is 3.43. The maximum Gasteiger partial charge on any atom is 0.124 e. The van der Waals surface area contributed by atoms with Gasteiger partial charge in [0.2, 0.25) is 0 Å². The molecule has 24 heavy (non-hydrogen) atoms. The van der Waals surface area contributed by atoms with Gasteiger partial charge in [0.15, 0.2) is 0 Å². The zero-order chi connectivity index (χ0) is 16.8. The molecular weight excluding hydrogens is 305 g/mol. The molecule has 3 aromatic rings. The third kappa shape index (κ3) is 4.20. The van der Waals surface area contributed by atoms with Gasteiger partial charge >= 0.3 is 0 Å². The summed E-state index contributed by atoms with van der Waals surface area (Å²) < 4.78 is 18.9.